The fourth-order valence-corrected chi connectivity index (χ4v) is 3.16. The third-order valence-corrected chi connectivity index (χ3v) is 4.25. The minimum absolute atomic E-state index is 0.114. The Labute approximate surface area is 100 Å². The van der Waals surface area contributed by atoms with E-state index in [1.165, 1.54) is 6.08 Å². The molecule has 86 valence electrons. The standard InChI is InChI=1S/C7H6ClN3O3S2/c8-7-11-10-6(15-7)5(12)9-4-1-2-16(13,14)3-4/h1-2,4H,3H2,(H,9,12). The molecule has 9 heteroatoms. The third-order valence-electron chi connectivity index (χ3n) is 1.84. The van der Waals surface area contributed by atoms with Crippen molar-refractivity contribution in [1.82, 2.24) is 15.5 Å². The molecule has 16 heavy (non-hydrogen) atoms. The second kappa shape index (κ2) is 4.11. The van der Waals surface area contributed by atoms with Gasteiger partial charge in [0.05, 0.1) is 11.8 Å². The predicted octanol–water partition coefficient (Wildman–Crippen LogP) is 0.232. The number of halogens is 1. The van der Waals surface area contributed by atoms with E-state index in [0.717, 1.165) is 16.7 Å². The van der Waals surface area contributed by atoms with Crippen LogP contribution in [-0.2, 0) is 9.84 Å². The molecule has 1 aliphatic heterocycles. The van der Waals surface area contributed by atoms with Crippen LogP contribution in [-0.4, -0.2) is 36.3 Å². The maximum absolute atomic E-state index is 11.5. The van der Waals surface area contributed by atoms with Gasteiger partial charge < -0.3 is 5.32 Å². The number of amides is 1. The molecule has 0 spiro atoms. The van der Waals surface area contributed by atoms with E-state index in [9.17, 15) is 13.2 Å². The Morgan fingerprint density at radius 1 is 1.56 bits per heavy atom. The van der Waals surface area contributed by atoms with Crippen molar-refractivity contribution in [1.29, 1.82) is 0 Å². The van der Waals surface area contributed by atoms with E-state index in [1.54, 1.807) is 0 Å². The van der Waals surface area contributed by atoms with E-state index in [1.807, 2.05) is 0 Å². The van der Waals surface area contributed by atoms with Gasteiger partial charge in [-0.1, -0.05) is 11.3 Å². The number of carbonyl (C=O) groups is 1. The summed E-state index contributed by atoms with van der Waals surface area (Å²) >= 11 is 6.46. The summed E-state index contributed by atoms with van der Waals surface area (Å²) < 4.78 is 22.3. The Morgan fingerprint density at radius 2 is 2.31 bits per heavy atom. The van der Waals surface area contributed by atoms with Crippen LogP contribution in [0.4, 0.5) is 0 Å². The zero-order valence-electron chi connectivity index (χ0n) is 7.75. The lowest BCUT2D eigenvalue weighted by molar-refractivity contribution is 0.0946. The van der Waals surface area contributed by atoms with Crippen LogP contribution >= 0.6 is 22.9 Å². The molecule has 1 unspecified atom stereocenters. The zero-order valence-corrected chi connectivity index (χ0v) is 10.1. The van der Waals surface area contributed by atoms with Crippen molar-refractivity contribution in [3.8, 4) is 0 Å². The monoisotopic (exact) mass is 279 g/mol. The molecule has 0 bridgehead atoms. The molecule has 0 fully saturated rings. The normalized spacial score (nSPS) is 22.2. The summed E-state index contributed by atoms with van der Waals surface area (Å²) in [5.74, 6) is -0.596. The van der Waals surface area contributed by atoms with Crippen LogP contribution in [0.25, 0.3) is 0 Å². The lowest BCUT2D eigenvalue weighted by atomic mass is 10.3. The molecular formula is C7H6ClN3O3S2. The van der Waals surface area contributed by atoms with Crippen molar-refractivity contribution in [2.75, 3.05) is 5.75 Å². The van der Waals surface area contributed by atoms with Gasteiger partial charge in [0, 0.05) is 5.41 Å². The highest BCUT2D eigenvalue weighted by molar-refractivity contribution is 7.94. The molecule has 1 aromatic heterocycles. The van der Waals surface area contributed by atoms with Crippen molar-refractivity contribution in [3.05, 3.63) is 21.0 Å². The number of aromatic nitrogens is 2. The lowest BCUT2D eigenvalue weighted by Gasteiger charge is -2.07. The van der Waals surface area contributed by atoms with E-state index in [0.29, 0.717) is 0 Å². The maximum atomic E-state index is 11.5. The highest BCUT2D eigenvalue weighted by atomic mass is 35.5. The number of hydrogen-bond donors (Lipinski definition) is 1. The highest BCUT2D eigenvalue weighted by Crippen LogP contribution is 2.15. The van der Waals surface area contributed by atoms with Crippen LogP contribution < -0.4 is 5.32 Å². The smallest absolute Gasteiger partial charge is 0.282 e. The van der Waals surface area contributed by atoms with E-state index in [-0.39, 0.29) is 15.2 Å². The lowest BCUT2D eigenvalue weighted by Crippen LogP contribution is -2.35. The molecule has 1 amide bonds. The molecule has 2 rings (SSSR count). The van der Waals surface area contributed by atoms with E-state index < -0.39 is 21.8 Å². The second-order valence-corrected chi connectivity index (χ2v) is 6.59. The topological polar surface area (TPSA) is 89.0 Å². The molecule has 6 nitrogen and oxygen atoms in total. The first-order chi connectivity index (χ1) is 7.46. The van der Waals surface area contributed by atoms with Crippen LogP contribution in [0.5, 0.6) is 0 Å². The second-order valence-electron chi connectivity index (χ2n) is 3.10. The summed E-state index contributed by atoms with van der Waals surface area (Å²) in [7, 11) is -3.17. The first kappa shape index (κ1) is 11.5. The van der Waals surface area contributed by atoms with E-state index in [2.05, 4.69) is 15.5 Å². The number of carbonyl (C=O) groups excluding carboxylic acids is 1. The summed E-state index contributed by atoms with van der Waals surface area (Å²) in [6, 6.07) is -0.514. The summed E-state index contributed by atoms with van der Waals surface area (Å²) in [6.45, 7) is 0. The van der Waals surface area contributed by atoms with Gasteiger partial charge in [0.25, 0.3) is 5.91 Å². The van der Waals surface area contributed by atoms with Crippen LogP contribution in [0, 0.1) is 0 Å². The minimum atomic E-state index is -3.17. The Balaban J connectivity index is 2.02. The number of nitrogens with zero attached hydrogens (tertiary/aromatic N) is 2. The number of sulfone groups is 1. The largest absolute Gasteiger partial charge is 0.343 e. The van der Waals surface area contributed by atoms with Gasteiger partial charge >= 0.3 is 0 Å². The average molecular weight is 280 g/mol. The van der Waals surface area contributed by atoms with Crippen LogP contribution in [0.1, 0.15) is 9.80 Å². The van der Waals surface area contributed by atoms with Gasteiger partial charge in [0.1, 0.15) is 0 Å². The van der Waals surface area contributed by atoms with Gasteiger partial charge in [-0.2, -0.15) is 0 Å². The van der Waals surface area contributed by atoms with Gasteiger partial charge in [-0.25, -0.2) is 8.42 Å². The Morgan fingerprint density at radius 3 is 2.81 bits per heavy atom. The van der Waals surface area contributed by atoms with Crippen LogP contribution in [0.15, 0.2) is 11.5 Å². The minimum Gasteiger partial charge on any atom is -0.343 e. The van der Waals surface area contributed by atoms with Gasteiger partial charge in [-0.3, -0.25) is 4.79 Å². The fourth-order valence-electron chi connectivity index (χ4n) is 1.19. The van der Waals surface area contributed by atoms with Crippen molar-refractivity contribution >= 4 is 38.7 Å². The molecule has 1 aromatic rings. The average Bonchev–Trinajstić information content (AvgIpc) is 2.73. The van der Waals surface area contributed by atoms with Crippen molar-refractivity contribution < 1.29 is 13.2 Å². The predicted molar refractivity (Wildman–Crippen MR) is 59.1 cm³/mol. The van der Waals surface area contributed by atoms with Gasteiger partial charge in [-0.05, 0) is 17.7 Å². The Bertz CT molecular complexity index is 551. The van der Waals surface area contributed by atoms with Crippen LogP contribution in [0.2, 0.25) is 4.47 Å². The third kappa shape index (κ3) is 2.57. The number of rotatable bonds is 2. The van der Waals surface area contributed by atoms with Crippen molar-refractivity contribution in [3.63, 3.8) is 0 Å². The first-order valence-corrected chi connectivity index (χ1v) is 7.08. The summed E-state index contributed by atoms with van der Waals surface area (Å²) in [4.78, 5) is 11.5. The molecule has 0 radical (unpaired) electrons. The molecule has 0 saturated carbocycles. The first-order valence-electron chi connectivity index (χ1n) is 4.17. The van der Waals surface area contributed by atoms with Crippen molar-refractivity contribution in [2.24, 2.45) is 0 Å². The number of hydrogen-bond acceptors (Lipinski definition) is 6. The van der Waals surface area contributed by atoms with E-state index >= 15 is 0 Å². The highest BCUT2D eigenvalue weighted by Gasteiger charge is 2.24. The quantitative estimate of drug-likeness (QED) is 0.837. The molecule has 0 aromatic carbocycles. The van der Waals surface area contributed by atoms with Gasteiger partial charge in [-0.15, -0.1) is 10.2 Å². The Kier molecular flexibility index (Phi) is 2.96. The van der Waals surface area contributed by atoms with Crippen LogP contribution in [0.3, 0.4) is 0 Å². The van der Waals surface area contributed by atoms with Gasteiger partial charge in [0.15, 0.2) is 9.84 Å². The molecule has 0 saturated heterocycles. The zero-order chi connectivity index (χ0) is 11.8. The molecular weight excluding hydrogens is 274 g/mol. The van der Waals surface area contributed by atoms with Crippen molar-refractivity contribution in [2.45, 2.75) is 6.04 Å². The molecule has 0 aliphatic carbocycles. The molecule has 1 N–H and O–H groups in total. The van der Waals surface area contributed by atoms with Gasteiger partial charge in [0.2, 0.25) is 9.47 Å². The SMILES string of the molecule is O=C(NC1C=CS(=O)(=O)C1)c1nnc(Cl)s1. The Hall–Kier alpha value is -0.990. The summed E-state index contributed by atoms with van der Waals surface area (Å²) in [6.07, 6.45) is 1.43. The summed E-state index contributed by atoms with van der Waals surface area (Å²) in [5, 5.41) is 10.7. The molecule has 1 aliphatic rings. The van der Waals surface area contributed by atoms with E-state index in [4.69, 9.17) is 11.6 Å². The fraction of sp³-hybridized carbons (Fsp3) is 0.286. The summed E-state index contributed by atoms with van der Waals surface area (Å²) in [5.41, 5.74) is 0. The number of nitrogens with one attached hydrogen (secondary N) is 1. The maximum Gasteiger partial charge on any atom is 0.282 e. The molecule has 1 atom stereocenters. The molecule has 2 heterocycles.